The number of aliphatic carboxylic acids is 1. The lowest BCUT2D eigenvalue weighted by Gasteiger charge is -2.43. The van der Waals surface area contributed by atoms with Crippen molar-refractivity contribution in [3.63, 3.8) is 0 Å². The van der Waals surface area contributed by atoms with E-state index in [4.69, 9.17) is 0 Å². The van der Waals surface area contributed by atoms with E-state index in [2.05, 4.69) is 24.0 Å². The Hall–Kier alpha value is -2.39. The van der Waals surface area contributed by atoms with Gasteiger partial charge in [0, 0.05) is 16.0 Å². The highest BCUT2D eigenvalue weighted by atomic mass is 32.2. The number of likely N-dealkylation sites (tertiary alicyclic amines) is 1. The number of carboxylic acids is 1. The first-order chi connectivity index (χ1) is 15.3. The van der Waals surface area contributed by atoms with Gasteiger partial charge in [-0.2, -0.15) is 0 Å². The van der Waals surface area contributed by atoms with Crippen LogP contribution in [0, 0.1) is 36.5 Å². The van der Waals surface area contributed by atoms with E-state index in [-0.39, 0.29) is 45.6 Å². The Labute approximate surface area is 192 Å². The molecule has 7 nitrogen and oxygen atoms in total. The van der Waals surface area contributed by atoms with E-state index in [0.717, 1.165) is 32.4 Å². The predicted octanol–water partition coefficient (Wildman–Crippen LogP) is 2.69. The Morgan fingerprint density at radius 1 is 1.16 bits per heavy atom. The SMILES string of the molecule is Cc1ccccc1C1c2sc(=O)[nH]c2SC2C3CC(C4C(=O)N(C(C)C(=O)O)C(=O)C34)C12. The molecular weight excluding hydrogens is 448 g/mol. The number of carboxylic acid groups (broad SMARTS) is 1. The molecule has 1 saturated heterocycles. The molecule has 2 aliphatic carbocycles. The molecule has 6 rings (SSSR count). The van der Waals surface area contributed by atoms with Gasteiger partial charge in [-0.1, -0.05) is 35.6 Å². The first kappa shape index (κ1) is 20.2. The standard InChI is InChI=1S/C23H22N2O5S2/c1-8-5-3-4-6-10(8)13-14-11-7-12(17(14)31-19-18(13)32-23(30)24-19)16-15(11)20(26)25(21(16)27)9(2)22(28)29/h3-6,9,11-17H,7H2,1-2H3,(H,24,30)(H,28,29). The number of hydrogen-bond acceptors (Lipinski definition) is 6. The van der Waals surface area contributed by atoms with Gasteiger partial charge in [0.1, 0.15) is 6.04 Å². The normalized spacial score (nSPS) is 35.6. The van der Waals surface area contributed by atoms with Crippen LogP contribution in [-0.2, 0) is 14.4 Å². The van der Waals surface area contributed by atoms with E-state index in [1.54, 1.807) is 11.8 Å². The van der Waals surface area contributed by atoms with Crippen molar-refractivity contribution in [2.75, 3.05) is 0 Å². The van der Waals surface area contributed by atoms with E-state index in [1.165, 1.54) is 18.3 Å². The minimum absolute atomic E-state index is 0.0000898. The van der Waals surface area contributed by atoms with Crippen molar-refractivity contribution < 1.29 is 19.5 Å². The summed E-state index contributed by atoms with van der Waals surface area (Å²) in [4.78, 5) is 55.4. The van der Waals surface area contributed by atoms with E-state index < -0.39 is 23.8 Å². The second kappa shape index (κ2) is 6.81. The molecule has 2 aromatic rings. The zero-order chi connectivity index (χ0) is 22.5. The van der Waals surface area contributed by atoms with Crippen LogP contribution in [0.25, 0.3) is 0 Å². The number of amides is 2. The highest BCUT2D eigenvalue weighted by Gasteiger charge is 2.70. The number of carbonyl (C=O) groups excluding carboxylic acids is 2. The summed E-state index contributed by atoms with van der Waals surface area (Å²) in [5.74, 6) is -2.61. The van der Waals surface area contributed by atoms with Crippen LogP contribution in [0.3, 0.4) is 0 Å². The number of imide groups is 1. The zero-order valence-corrected chi connectivity index (χ0v) is 19.1. The summed E-state index contributed by atoms with van der Waals surface area (Å²) >= 11 is 2.88. The molecule has 2 amide bonds. The van der Waals surface area contributed by atoms with Crippen molar-refractivity contribution in [2.45, 2.75) is 42.5 Å². The average Bonchev–Trinajstić information content (AvgIpc) is 3.47. The van der Waals surface area contributed by atoms with Crippen LogP contribution in [-0.4, -0.2) is 44.1 Å². The monoisotopic (exact) mass is 470 g/mol. The average molecular weight is 471 g/mol. The molecule has 2 aliphatic heterocycles. The van der Waals surface area contributed by atoms with E-state index in [0.29, 0.717) is 0 Å². The number of aryl methyl sites for hydroxylation is 1. The highest BCUT2D eigenvalue weighted by Crippen LogP contribution is 2.68. The number of benzene rings is 1. The molecule has 9 heteroatoms. The lowest BCUT2D eigenvalue weighted by atomic mass is 9.67. The number of thiazole rings is 1. The number of nitrogens with one attached hydrogen (secondary N) is 1. The van der Waals surface area contributed by atoms with Gasteiger partial charge >= 0.3 is 10.8 Å². The van der Waals surface area contributed by atoms with Crippen LogP contribution < -0.4 is 4.87 Å². The number of aromatic amines is 1. The highest BCUT2D eigenvalue weighted by molar-refractivity contribution is 8.00. The first-order valence-electron chi connectivity index (χ1n) is 10.8. The Morgan fingerprint density at radius 2 is 1.84 bits per heavy atom. The summed E-state index contributed by atoms with van der Waals surface area (Å²) in [6, 6.07) is 7.02. The molecular formula is C23H22N2O5S2. The van der Waals surface area contributed by atoms with Crippen molar-refractivity contribution >= 4 is 40.9 Å². The molecule has 2 bridgehead atoms. The van der Waals surface area contributed by atoms with Crippen molar-refractivity contribution in [2.24, 2.45) is 29.6 Å². The van der Waals surface area contributed by atoms with E-state index in [1.807, 2.05) is 12.1 Å². The molecule has 3 fully saturated rings. The number of aromatic nitrogens is 1. The van der Waals surface area contributed by atoms with Gasteiger partial charge in [0.2, 0.25) is 11.8 Å². The lowest BCUT2D eigenvalue weighted by molar-refractivity contribution is -0.154. The maximum absolute atomic E-state index is 13.3. The summed E-state index contributed by atoms with van der Waals surface area (Å²) in [5.41, 5.74) is 2.31. The fourth-order valence-corrected chi connectivity index (χ4v) is 9.70. The number of rotatable bonds is 3. The summed E-state index contributed by atoms with van der Waals surface area (Å²) in [6.07, 6.45) is 0.798. The summed E-state index contributed by atoms with van der Waals surface area (Å²) < 4.78 is 0. The number of nitrogens with zero attached hydrogens (tertiary/aromatic N) is 1. The molecule has 2 saturated carbocycles. The zero-order valence-electron chi connectivity index (χ0n) is 17.5. The third kappa shape index (κ3) is 2.49. The number of H-pyrrole nitrogens is 1. The Morgan fingerprint density at radius 3 is 2.53 bits per heavy atom. The summed E-state index contributed by atoms with van der Waals surface area (Å²) in [5, 5.41) is 10.4. The second-order valence-electron chi connectivity index (χ2n) is 9.38. The molecule has 4 aliphatic rings. The second-order valence-corrected chi connectivity index (χ2v) is 11.6. The smallest absolute Gasteiger partial charge is 0.326 e. The topological polar surface area (TPSA) is 108 Å². The van der Waals surface area contributed by atoms with Crippen molar-refractivity contribution in [1.82, 2.24) is 9.88 Å². The van der Waals surface area contributed by atoms with Crippen molar-refractivity contribution in [1.29, 1.82) is 0 Å². The van der Waals surface area contributed by atoms with Crippen molar-refractivity contribution in [3.05, 3.63) is 49.9 Å². The molecule has 8 unspecified atom stereocenters. The van der Waals surface area contributed by atoms with Crippen LogP contribution >= 0.6 is 23.1 Å². The van der Waals surface area contributed by atoms with Crippen LogP contribution in [0.4, 0.5) is 0 Å². The van der Waals surface area contributed by atoms with Gasteiger partial charge in [-0.05, 0) is 49.1 Å². The molecule has 166 valence electrons. The molecule has 8 atom stereocenters. The Kier molecular flexibility index (Phi) is 4.30. The molecule has 1 aromatic carbocycles. The van der Waals surface area contributed by atoms with Gasteiger partial charge in [-0.15, -0.1) is 11.8 Å². The molecule has 3 heterocycles. The molecule has 2 N–H and O–H groups in total. The Balaban J connectivity index is 1.47. The fraction of sp³-hybridized carbons (Fsp3) is 0.478. The number of fused-ring (bicyclic) bond motifs is 9. The van der Waals surface area contributed by atoms with Gasteiger partial charge in [-0.25, -0.2) is 4.79 Å². The van der Waals surface area contributed by atoms with Crippen LogP contribution in [0.1, 0.15) is 35.3 Å². The maximum Gasteiger partial charge on any atom is 0.326 e. The van der Waals surface area contributed by atoms with Crippen LogP contribution in [0.5, 0.6) is 0 Å². The predicted molar refractivity (Wildman–Crippen MR) is 119 cm³/mol. The molecule has 32 heavy (non-hydrogen) atoms. The number of thioether (sulfide) groups is 1. The molecule has 0 spiro atoms. The molecule has 0 radical (unpaired) electrons. The first-order valence-corrected chi connectivity index (χ1v) is 12.5. The van der Waals surface area contributed by atoms with Gasteiger partial charge in [0.25, 0.3) is 0 Å². The van der Waals surface area contributed by atoms with Crippen LogP contribution in [0.2, 0.25) is 0 Å². The maximum atomic E-state index is 13.3. The third-order valence-electron chi connectivity index (χ3n) is 8.03. The molecule has 1 aromatic heterocycles. The summed E-state index contributed by atoms with van der Waals surface area (Å²) in [6.45, 7) is 3.47. The van der Waals surface area contributed by atoms with Gasteiger partial charge in [-0.3, -0.25) is 19.3 Å². The largest absolute Gasteiger partial charge is 0.480 e. The minimum atomic E-state index is -1.16. The number of carbonyl (C=O) groups is 3. The fourth-order valence-electron chi connectivity index (χ4n) is 6.82. The van der Waals surface area contributed by atoms with Gasteiger partial charge in [0.15, 0.2) is 0 Å². The quantitative estimate of drug-likeness (QED) is 0.668. The van der Waals surface area contributed by atoms with E-state index >= 15 is 0 Å². The summed E-state index contributed by atoms with van der Waals surface area (Å²) in [7, 11) is 0. The van der Waals surface area contributed by atoms with E-state index in [9.17, 15) is 24.3 Å². The van der Waals surface area contributed by atoms with Gasteiger partial charge < -0.3 is 10.1 Å². The Bertz CT molecular complexity index is 1230. The van der Waals surface area contributed by atoms with Crippen molar-refractivity contribution in [3.8, 4) is 0 Å². The minimum Gasteiger partial charge on any atom is -0.480 e. The number of hydrogen-bond donors (Lipinski definition) is 2. The van der Waals surface area contributed by atoms with Crippen LogP contribution in [0.15, 0.2) is 34.1 Å². The van der Waals surface area contributed by atoms with Gasteiger partial charge in [0.05, 0.1) is 16.9 Å². The third-order valence-corrected chi connectivity index (χ3v) is 10.6. The lowest BCUT2D eigenvalue weighted by Crippen LogP contribution is -2.44.